The third-order valence-corrected chi connectivity index (χ3v) is 4.65. The zero-order valence-electron chi connectivity index (χ0n) is 15.5. The van der Waals surface area contributed by atoms with Crippen molar-refractivity contribution < 1.29 is 14.7 Å². The van der Waals surface area contributed by atoms with Gasteiger partial charge in [-0.3, -0.25) is 9.59 Å². The van der Waals surface area contributed by atoms with E-state index in [0.29, 0.717) is 17.7 Å². The number of carbonyl (C=O) groups excluding carboxylic acids is 2. The normalized spacial score (nSPS) is 20.8. The van der Waals surface area contributed by atoms with Gasteiger partial charge in [0.05, 0.1) is 0 Å². The number of rotatable bonds is 5. The lowest BCUT2D eigenvalue weighted by Gasteiger charge is -2.30. The molecule has 2 rings (SSSR count). The number of hydrogen-bond donors (Lipinski definition) is 3. The van der Waals surface area contributed by atoms with Crippen molar-refractivity contribution in [3.63, 3.8) is 0 Å². The van der Waals surface area contributed by atoms with Gasteiger partial charge in [0.1, 0.15) is 0 Å². The Morgan fingerprint density at radius 3 is 2.16 bits per heavy atom. The Morgan fingerprint density at radius 2 is 1.60 bits per heavy atom. The maximum Gasteiger partial charge on any atom is 0.251 e. The van der Waals surface area contributed by atoms with Crippen LogP contribution < -0.4 is 10.6 Å². The number of hydrogen-bond acceptors (Lipinski definition) is 3. The summed E-state index contributed by atoms with van der Waals surface area (Å²) in [6.07, 6.45) is 4.04. The second-order valence-corrected chi connectivity index (χ2v) is 8.13. The fourth-order valence-corrected chi connectivity index (χ4v) is 3.09. The Bertz CT molecular complexity index is 590. The van der Waals surface area contributed by atoms with Gasteiger partial charge in [-0.05, 0) is 42.5 Å². The highest BCUT2D eigenvalue weighted by Crippen LogP contribution is 2.24. The number of aliphatic hydroxyl groups excluding tert-OH is 1. The molecule has 0 bridgehead atoms. The minimum absolute atomic E-state index is 0.0265. The highest BCUT2D eigenvalue weighted by molar-refractivity contribution is 5.97. The summed E-state index contributed by atoms with van der Waals surface area (Å²) in [5, 5.41) is 15.4. The van der Waals surface area contributed by atoms with Crippen molar-refractivity contribution in [1.29, 1.82) is 0 Å². The topological polar surface area (TPSA) is 78.4 Å². The van der Waals surface area contributed by atoms with Crippen LogP contribution in [0.3, 0.4) is 0 Å². The van der Waals surface area contributed by atoms with Crippen molar-refractivity contribution in [2.75, 3.05) is 13.2 Å². The summed E-state index contributed by atoms with van der Waals surface area (Å²) >= 11 is 0. The van der Waals surface area contributed by atoms with Crippen LogP contribution in [-0.4, -0.2) is 36.1 Å². The van der Waals surface area contributed by atoms with Crippen LogP contribution in [0.4, 0.5) is 0 Å². The van der Waals surface area contributed by atoms with Gasteiger partial charge in [-0.15, -0.1) is 0 Å². The highest BCUT2D eigenvalue weighted by Gasteiger charge is 2.26. The number of carbonyl (C=O) groups is 2. The van der Waals surface area contributed by atoms with E-state index in [0.717, 1.165) is 25.7 Å². The van der Waals surface area contributed by atoms with Gasteiger partial charge in [-0.25, -0.2) is 0 Å². The first kappa shape index (κ1) is 19.4. The summed E-state index contributed by atoms with van der Waals surface area (Å²) in [6.45, 7) is 6.89. The predicted octanol–water partition coefficient (Wildman–Crippen LogP) is 2.74. The average molecular weight is 346 g/mol. The summed E-state index contributed by atoms with van der Waals surface area (Å²) in [6, 6.07) is 6.74. The predicted molar refractivity (Wildman–Crippen MR) is 98.5 cm³/mol. The molecule has 1 aliphatic rings. The minimum Gasteiger partial charge on any atom is -0.396 e. The maximum absolute atomic E-state index is 12.4. The van der Waals surface area contributed by atoms with Crippen molar-refractivity contribution in [3.8, 4) is 0 Å². The van der Waals surface area contributed by atoms with Crippen LogP contribution >= 0.6 is 0 Å². The Balaban J connectivity index is 1.94. The van der Waals surface area contributed by atoms with Crippen molar-refractivity contribution in [2.45, 2.75) is 52.5 Å². The van der Waals surface area contributed by atoms with Crippen LogP contribution in [0.25, 0.3) is 0 Å². The van der Waals surface area contributed by atoms with E-state index in [1.165, 1.54) is 0 Å². The second-order valence-electron chi connectivity index (χ2n) is 8.13. The summed E-state index contributed by atoms with van der Waals surface area (Å²) in [5.41, 5.74) is 1.11. The summed E-state index contributed by atoms with van der Waals surface area (Å²) in [4.78, 5) is 24.6. The molecule has 1 aromatic carbocycles. The SMILES string of the molecule is CC(C)(C)CNC(=O)c1ccc(C(=O)NC2CCCCC2CO)cc1. The van der Waals surface area contributed by atoms with Gasteiger partial charge < -0.3 is 15.7 Å². The molecule has 1 saturated carbocycles. The molecule has 5 heteroatoms. The number of benzene rings is 1. The van der Waals surface area contributed by atoms with E-state index in [1.54, 1.807) is 24.3 Å². The molecule has 0 saturated heterocycles. The lowest BCUT2D eigenvalue weighted by molar-refractivity contribution is 0.0870. The monoisotopic (exact) mass is 346 g/mol. The summed E-state index contributed by atoms with van der Waals surface area (Å²) in [7, 11) is 0. The maximum atomic E-state index is 12.4. The quantitative estimate of drug-likeness (QED) is 0.767. The van der Waals surface area contributed by atoms with Crippen LogP contribution in [0.15, 0.2) is 24.3 Å². The van der Waals surface area contributed by atoms with Crippen LogP contribution in [-0.2, 0) is 0 Å². The van der Waals surface area contributed by atoms with Gasteiger partial charge in [0.25, 0.3) is 11.8 Å². The molecule has 1 aliphatic carbocycles. The molecular formula is C20H30N2O3. The Morgan fingerprint density at radius 1 is 1.04 bits per heavy atom. The number of aliphatic hydroxyl groups is 1. The van der Waals surface area contributed by atoms with Gasteiger partial charge >= 0.3 is 0 Å². The molecule has 138 valence electrons. The van der Waals surface area contributed by atoms with E-state index < -0.39 is 0 Å². The van der Waals surface area contributed by atoms with Crippen molar-refractivity contribution >= 4 is 11.8 Å². The second kappa shape index (κ2) is 8.48. The molecule has 0 heterocycles. The van der Waals surface area contributed by atoms with E-state index in [9.17, 15) is 14.7 Å². The van der Waals surface area contributed by atoms with Crippen LogP contribution in [0.2, 0.25) is 0 Å². The molecule has 2 atom stereocenters. The van der Waals surface area contributed by atoms with Gasteiger partial charge in [0, 0.05) is 36.2 Å². The molecule has 5 nitrogen and oxygen atoms in total. The zero-order chi connectivity index (χ0) is 18.4. The third kappa shape index (κ3) is 5.85. The first-order valence-electron chi connectivity index (χ1n) is 9.10. The van der Waals surface area contributed by atoms with Gasteiger partial charge in [0.2, 0.25) is 0 Å². The summed E-state index contributed by atoms with van der Waals surface area (Å²) in [5.74, 6) is -0.137. The molecule has 25 heavy (non-hydrogen) atoms. The summed E-state index contributed by atoms with van der Waals surface area (Å²) < 4.78 is 0. The first-order chi connectivity index (χ1) is 11.8. The van der Waals surface area contributed by atoms with E-state index in [4.69, 9.17) is 0 Å². The molecule has 3 N–H and O–H groups in total. The lowest BCUT2D eigenvalue weighted by Crippen LogP contribution is -2.43. The van der Waals surface area contributed by atoms with Crippen molar-refractivity contribution in [2.24, 2.45) is 11.3 Å². The third-order valence-electron chi connectivity index (χ3n) is 4.65. The lowest BCUT2D eigenvalue weighted by atomic mass is 9.85. The Hall–Kier alpha value is -1.88. The zero-order valence-corrected chi connectivity index (χ0v) is 15.5. The molecule has 0 radical (unpaired) electrons. The van der Waals surface area contributed by atoms with E-state index in [2.05, 4.69) is 31.4 Å². The molecule has 1 fully saturated rings. The molecule has 0 aliphatic heterocycles. The van der Waals surface area contributed by atoms with Crippen LogP contribution in [0, 0.1) is 11.3 Å². The molecular weight excluding hydrogens is 316 g/mol. The van der Waals surface area contributed by atoms with Crippen LogP contribution in [0.5, 0.6) is 0 Å². The fourth-order valence-electron chi connectivity index (χ4n) is 3.09. The van der Waals surface area contributed by atoms with Gasteiger partial charge in [-0.1, -0.05) is 33.6 Å². The van der Waals surface area contributed by atoms with Crippen molar-refractivity contribution in [3.05, 3.63) is 35.4 Å². The molecule has 2 unspecified atom stereocenters. The van der Waals surface area contributed by atoms with E-state index in [-0.39, 0.29) is 35.8 Å². The number of amides is 2. The highest BCUT2D eigenvalue weighted by atomic mass is 16.3. The average Bonchev–Trinajstić information content (AvgIpc) is 2.59. The molecule has 2 amide bonds. The van der Waals surface area contributed by atoms with Gasteiger partial charge in [0.15, 0.2) is 0 Å². The van der Waals surface area contributed by atoms with E-state index >= 15 is 0 Å². The van der Waals surface area contributed by atoms with Gasteiger partial charge in [-0.2, -0.15) is 0 Å². The fraction of sp³-hybridized carbons (Fsp3) is 0.600. The molecule has 0 spiro atoms. The van der Waals surface area contributed by atoms with Crippen molar-refractivity contribution in [1.82, 2.24) is 10.6 Å². The smallest absolute Gasteiger partial charge is 0.251 e. The minimum atomic E-state index is -0.146. The van der Waals surface area contributed by atoms with E-state index in [1.807, 2.05) is 0 Å². The molecule has 0 aromatic heterocycles. The Labute approximate surface area is 150 Å². The standard InChI is InChI=1S/C20H30N2O3/c1-20(2,3)13-21-18(24)14-8-10-15(11-9-14)19(25)22-17-7-5-4-6-16(17)12-23/h8-11,16-17,23H,4-7,12-13H2,1-3H3,(H,21,24)(H,22,25). The largest absolute Gasteiger partial charge is 0.396 e. The molecule has 1 aromatic rings. The van der Waals surface area contributed by atoms with Crippen LogP contribution in [0.1, 0.15) is 67.2 Å². The first-order valence-corrected chi connectivity index (χ1v) is 9.10. The Kier molecular flexibility index (Phi) is 6.59. The number of nitrogens with one attached hydrogen (secondary N) is 2.